The van der Waals surface area contributed by atoms with Gasteiger partial charge in [0.15, 0.2) is 12.4 Å². The zero-order valence-corrected chi connectivity index (χ0v) is 35.0. The lowest BCUT2D eigenvalue weighted by Gasteiger charge is -2.43. The summed E-state index contributed by atoms with van der Waals surface area (Å²) in [5, 5.41) is 33.9. The van der Waals surface area contributed by atoms with Crippen molar-refractivity contribution in [2.45, 2.75) is 231 Å². The number of carbonyl (C=O) groups excluding carboxylic acids is 3. The summed E-state index contributed by atoms with van der Waals surface area (Å²) in [7, 11) is -5.28. The number of hydrogen-bond donors (Lipinski definition) is 6. The molecule has 0 spiro atoms. The lowest BCUT2D eigenvalue weighted by Crippen LogP contribution is -2.65. The summed E-state index contributed by atoms with van der Waals surface area (Å²) < 4.78 is 33.7. The minimum Gasteiger partial charge on any atom is -0.462 e. The first-order chi connectivity index (χ1) is 26.3. The number of aliphatic hydroxyl groups excluding tert-OH is 3. The lowest BCUT2D eigenvalue weighted by molar-refractivity contribution is -0.256. The number of phosphoric ester groups is 1. The molecule has 1 saturated heterocycles. The summed E-state index contributed by atoms with van der Waals surface area (Å²) in [6.45, 7) is 5.56. The average molecular weight is 810 g/mol. The van der Waals surface area contributed by atoms with Gasteiger partial charge in [0.1, 0.15) is 24.4 Å². The van der Waals surface area contributed by atoms with Crippen LogP contribution >= 0.6 is 7.82 Å². The van der Waals surface area contributed by atoms with Gasteiger partial charge in [-0.25, -0.2) is 4.57 Å². The van der Waals surface area contributed by atoms with E-state index in [-0.39, 0.29) is 12.8 Å². The van der Waals surface area contributed by atoms with Gasteiger partial charge in [-0.3, -0.25) is 18.9 Å². The van der Waals surface area contributed by atoms with Crippen LogP contribution in [0.2, 0.25) is 0 Å². The molecule has 14 nitrogen and oxygen atoms in total. The van der Waals surface area contributed by atoms with Gasteiger partial charge in [-0.05, 0) is 25.7 Å². The van der Waals surface area contributed by atoms with E-state index in [4.69, 9.17) is 18.7 Å². The molecule has 0 aliphatic carbocycles. The normalized spacial score (nSPS) is 21.2. The zero-order valence-electron chi connectivity index (χ0n) is 34.1. The van der Waals surface area contributed by atoms with E-state index in [1.54, 1.807) is 0 Å². The van der Waals surface area contributed by atoms with Crippen molar-refractivity contribution in [3.05, 3.63) is 0 Å². The highest BCUT2D eigenvalue weighted by atomic mass is 31.2. The van der Waals surface area contributed by atoms with Crippen LogP contribution in [0.3, 0.4) is 0 Å². The summed E-state index contributed by atoms with van der Waals surface area (Å²) in [5.74, 6) is -2.09. The Morgan fingerprint density at radius 2 is 1.18 bits per heavy atom. The van der Waals surface area contributed by atoms with E-state index < -0.39 is 81.5 Å². The Labute approximate surface area is 330 Å². The molecule has 0 bridgehead atoms. The van der Waals surface area contributed by atoms with E-state index in [2.05, 4.69) is 26.1 Å². The van der Waals surface area contributed by atoms with Crippen LogP contribution < -0.4 is 5.32 Å². The molecule has 55 heavy (non-hydrogen) atoms. The maximum Gasteiger partial charge on any atom is 0.470 e. The average Bonchev–Trinajstić information content (AvgIpc) is 3.12. The van der Waals surface area contributed by atoms with Crippen molar-refractivity contribution < 1.29 is 62.8 Å². The third kappa shape index (κ3) is 25.4. The predicted octanol–water partition coefficient (Wildman–Crippen LogP) is 7.05. The highest BCUT2D eigenvalue weighted by Gasteiger charge is 2.51. The molecule has 0 aromatic heterocycles. The summed E-state index contributed by atoms with van der Waals surface area (Å²) >= 11 is 0. The van der Waals surface area contributed by atoms with Crippen LogP contribution in [0, 0.1) is 0 Å². The van der Waals surface area contributed by atoms with Gasteiger partial charge in [0.05, 0.1) is 25.6 Å². The molecular formula is C40H76NO13P. The molecule has 1 heterocycles. The van der Waals surface area contributed by atoms with Crippen LogP contribution in [0.15, 0.2) is 0 Å². The highest BCUT2D eigenvalue weighted by Crippen LogP contribution is 2.42. The number of aliphatic hydroxyl groups is 3. The van der Waals surface area contributed by atoms with Crippen molar-refractivity contribution in [2.24, 2.45) is 0 Å². The molecule has 1 aliphatic heterocycles. The Morgan fingerprint density at radius 3 is 1.69 bits per heavy atom. The van der Waals surface area contributed by atoms with Gasteiger partial charge < -0.3 is 44.6 Å². The molecular weight excluding hydrogens is 733 g/mol. The minimum atomic E-state index is -5.28. The van der Waals surface area contributed by atoms with Crippen molar-refractivity contribution in [3.8, 4) is 0 Å². The van der Waals surface area contributed by atoms with Crippen molar-refractivity contribution in [2.75, 3.05) is 6.61 Å². The first-order valence-electron chi connectivity index (χ1n) is 21.4. The molecule has 0 aromatic rings. The quantitative estimate of drug-likeness (QED) is 0.0219. The number of ether oxygens (including phenoxy) is 3. The smallest absolute Gasteiger partial charge is 0.462 e. The van der Waals surface area contributed by atoms with E-state index in [1.165, 1.54) is 38.5 Å². The van der Waals surface area contributed by atoms with Crippen LogP contribution in [0.4, 0.5) is 0 Å². The molecule has 324 valence electrons. The lowest BCUT2D eigenvalue weighted by atomic mass is 9.96. The number of nitrogens with one attached hydrogen (secondary N) is 1. The van der Waals surface area contributed by atoms with Crippen LogP contribution in [0.5, 0.6) is 0 Å². The Hall–Kier alpha value is -1.64. The molecule has 0 radical (unpaired) electrons. The third-order valence-corrected chi connectivity index (χ3v) is 10.6. The summed E-state index contributed by atoms with van der Waals surface area (Å²) in [5.41, 5.74) is 0. The second-order valence-corrected chi connectivity index (χ2v) is 16.4. The summed E-state index contributed by atoms with van der Waals surface area (Å²) in [4.78, 5) is 58.8. The Morgan fingerprint density at radius 1 is 0.691 bits per heavy atom. The Balaban J connectivity index is 2.97. The molecule has 0 saturated carbocycles. The van der Waals surface area contributed by atoms with Gasteiger partial charge in [0, 0.05) is 6.42 Å². The van der Waals surface area contributed by atoms with Gasteiger partial charge in [-0.15, -0.1) is 0 Å². The molecule has 1 aliphatic rings. The number of rotatable bonds is 34. The predicted molar refractivity (Wildman–Crippen MR) is 210 cm³/mol. The second-order valence-electron chi connectivity index (χ2n) is 15.2. The molecule has 0 aromatic carbocycles. The van der Waals surface area contributed by atoms with Crippen LogP contribution in [0.1, 0.15) is 188 Å². The zero-order chi connectivity index (χ0) is 40.9. The van der Waals surface area contributed by atoms with Gasteiger partial charge in [0.2, 0.25) is 5.91 Å². The third-order valence-electron chi connectivity index (χ3n) is 10.1. The number of phosphoric acid groups is 1. The van der Waals surface area contributed by atoms with Crippen molar-refractivity contribution >= 4 is 25.7 Å². The largest absolute Gasteiger partial charge is 0.470 e. The van der Waals surface area contributed by atoms with Crippen LogP contribution in [-0.4, -0.2) is 92.4 Å². The fourth-order valence-electron chi connectivity index (χ4n) is 6.93. The van der Waals surface area contributed by atoms with Gasteiger partial charge in [-0.1, -0.05) is 143 Å². The summed E-state index contributed by atoms with van der Waals surface area (Å²) in [6.07, 6.45) is 13.2. The van der Waals surface area contributed by atoms with Crippen molar-refractivity contribution in [1.82, 2.24) is 5.32 Å². The number of amides is 1. The Kier molecular flexibility index (Phi) is 29.3. The van der Waals surface area contributed by atoms with Crippen LogP contribution in [0.25, 0.3) is 0 Å². The molecule has 1 fully saturated rings. The number of hydrogen-bond acceptors (Lipinski definition) is 11. The first kappa shape index (κ1) is 51.4. The van der Waals surface area contributed by atoms with Crippen molar-refractivity contribution in [3.63, 3.8) is 0 Å². The Bertz CT molecular complexity index is 1060. The van der Waals surface area contributed by atoms with Crippen molar-refractivity contribution in [1.29, 1.82) is 0 Å². The maximum atomic E-state index is 13.5. The fraction of sp³-hybridized carbons (Fsp3) is 0.925. The van der Waals surface area contributed by atoms with Crippen LogP contribution in [-0.2, 0) is 37.7 Å². The van der Waals surface area contributed by atoms with E-state index in [0.29, 0.717) is 25.7 Å². The first-order valence-corrected chi connectivity index (χ1v) is 22.9. The molecule has 1 amide bonds. The second kappa shape index (κ2) is 31.4. The standard InChI is InChI=1S/C40H76NO13P/c1-4-7-10-13-15-16-18-20-22-25-31(43)28-34(44)41-37-39(38(54-55(48,49)50)33(30-42)52-40(37)47)53-36(46)29-32(26-23-19-12-9-6-3)51-35(45)27-24-21-17-14-11-8-5-2/h31-33,37-40,42-43,47H,4-30H2,1-3H3,(H,41,44)(H2,48,49,50)/t31?,32?,33-,37-,38-,39-,40?/m1/s1. The molecule has 6 N–H and O–H groups in total. The maximum absolute atomic E-state index is 13.5. The minimum absolute atomic E-state index is 0.205. The molecule has 15 heteroatoms. The number of unbranched alkanes of at least 4 members (excludes halogenated alkanes) is 18. The molecule has 1 rings (SSSR count). The monoisotopic (exact) mass is 810 g/mol. The molecule has 7 atom stereocenters. The number of esters is 2. The number of carbonyl (C=O) groups is 3. The SMILES string of the molecule is CCCCCCCCCCCC(O)CC(=O)N[C@H]1C(O)O[C@H](CO)[C@@H](OP(=O)(O)O)[C@@H]1OC(=O)CC(CCCCCCC)OC(=O)CCCCCCCCC. The fourth-order valence-corrected chi connectivity index (χ4v) is 7.51. The van der Waals surface area contributed by atoms with E-state index >= 15 is 0 Å². The van der Waals surface area contributed by atoms with E-state index in [1.807, 2.05) is 0 Å². The van der Waals surface area contributed by atoms with Gasteiger partial charge in [0.25, 0.3) is 0 Å². The van der Waals surface area contributed by atoms with Gasteiger partial charge in [-0.2, -0.15) is 0 Å². The van der Waals surface area contributed by atoms with E-state index in [9.17, 15) is 44.1 Å². The highest BCUT2D eigenvalue weighted by molar-refractivity contribution is 7.46. The molecule has 3 unspecified atom stereocenters. The van der Waals surface area contributed by atoms with Gasteiger partial charge >= 0.3 is 19.8 Å². The van der Waals surface area contributed by atoms with E-state index in [0.717, 1.165) is 83.5 Å². The summed E-state index contributed by atoms with van der Waals surface area (Å²) in [6, 6.07) is -1.58. The topological polar surface area (TPSA) is 218 Å².